The van der Waals surface area contributed by atoms with Crippen molar-refractivity contribution in [2.45, 2.75) is 17.7 Å². The molecule has 0 radical (unpaired) electrons. The molecule has 0 atom stereocenters. The zero-order valence-electron chi connectivity index (χ0n) is 18.2. The molecule has 176 valence electrons. The average Bonchev–Trinajstić information content (AvgIpc) is 3.54. The van der Waals surface area contributed by atoms with E-state index in [-0.39, 0.29) is 22.0 Å². The lowest BCUT2D eigenvalue weighted by atomic mass is 10.2. The van der Waals surface area contributed by atoms with E-state index in [1.54, 1.807) is 25.2 Å². The van der Waals surface area contributed by atoms with Gasteiger partial charge in [0.05, 0.1) is 16.6 Å². The largest absolute Gasteiger partial charge is 0.345 e. The van der Waals surface area contributed by atoms with Crippen LogP contribution in [0.2, 0.25) is 0 Å². The van der Waals surface area contributed by atoms with Crippen LogP contribution in [-0.4, -0.2) is 46.3 Å². The number of sulfonamides is 1. The van der Waals surface area contributed by atoms with Crippen LogP contribution in [0, 0.1) is 11.6 Å². The molecule has 1 fully saturated rings. The number of anilines is 1. The molecule has 4 aromatic rings. The van der Waals surface area contributed by atoms with E-state index >= 15 is 0 Å². The van der Waals surface area contributed by atoms with Crippen LogP contribution in [0.15, 0.2) is 53.6 Å². The van der Waals surface area contributed by atoms with Crippen LogP contribution < -0.4 is 5.32 Å². The van der Waals surface area contributed by atoms with Gasteiger partial charge in [0.15, 0.2) is 0 Å². The molecule has 2 N–H and O–H groups in total. The summed E-state index contributed by atoms with van der Waals surface area (Å²) in [4.78, 5) is 20.2. The second kappa shape index (κ2) is 8.33. The number of carbonyl (C=O) groups excluding carboxylic acids is 1. The number of carbonyl (C=O) groups is 1. The third-order valence-electron chi connectivity index (χ3n) is 5.84. The van der Waals surface area contributed by atoms with E-state index in [0.29, 0.717) is 29.8 Å². The number of benzene rings is 2. The fraction of sp³-hybridized carbons (Fsp3) is 0.217. The van der Waals surface area contributed by atoms with Gasteiger partial charge in [-0.3, -0.25) is 4.79 Å². The molecular formula is C23H21F2N5O3S. The summed E-state index contributed by atoms with van der Waals surface area (Å²) >= 11 is 0. The number of nitrogens with one attached hydrogen (secondary N) is 2. The van der Waals surface area contributed by atoms with Crippen LogP contribution in [0.5, 0.6) is 0 Å². The first-order valence-electron chi connectivity index (χ1n) is 10.7. The lowest BCUT2D eigenvalue weighted by molar-refractivity contribution is 0.101. The third-order valence-corrected chi connectivity index (χ3v) is 7.70. The van der Waals surface area contributed by atoms with Gasteiger partial charge in [-0.25, -0.2) is 22.2 Å². The molecule has 3 heterocycles. The quantitative estimate of drug-likeness (QED) is 0.448. The lowest BCUT2D eigenvalue weighted by Gasteiger charge is -2.13. The first-order valence-corrected chi connectivity index (χ1v) is 12.1. The number of nitrogens with zero attached hydrogens (tertiary/aromatic N) is 3. The molecule has 11 heteroatoms. The number of imidazole rings is 1. The molecule has 1 saturated heterocycles. The minimum atomic E-state index is -3.64. The van der Waals surface area contributed by atoms with Crippen molar-refractivity contribution in [3.8, 4) is 11.4 Å². The minimum Gasteiger partial charge on any atom is -0.345 e. The Kier molecular flexibility index (Phi) is 5.45. The Hall–Kier alpha value is -3.57. The molecule has 0 unspecified atom stereocenters. The summed E-state index contributed by atoms with van der Waals surface area (Å²) in [7, 11) is -2.04. The van der Waals surface area contributed by atoms with Crippen molar-refractivity contribution in [3.05, 3.63) is 66.0 Å². The number of aromatic nitrogens is 3. The van der Waals surface area contributed by atoms with Crippen molar-refractivity contribution >= 4 is 32.7 Å². The first kappa shape index (κ1) is 22.2. The van der Waals surface area contributed by atoms with Crippen LogP contribution in [0.1, 0.15) is 23.3 Å². The normalized spacial score (nSPS) is 14.7. The van der Waals surface area contributed by atoms with Gasteiger partial charge < -0.3 is 14.9 Å². The van der Waals surface area contributed by atoms with E-state index in [1.165, 1.54) is 21.1 Å². The number of amides is 1. The van der Waals surface area contributed by atoms with Crippen molar-refractivity contribution in [2.75, 3.05) is 18.4 Å². The predicted octanol–water partition coefficient (Wildman–Crippen LogP) is 3.88. The van der Waals surface area contributed by atoms with E-state index in [1.807, 2.05) is 0 Å². The molecule has 8 nitrogen and oxygen atoms in total. The SMILES string of the molecule is Cn1cc(S(=O)(=O)N2CCCC2)cc1C(=O)Nc1ccc2nc(-c3cc(F)ccc3F)[nH]c2c1. The van der Waals surface area contributed by atoms with Gasteiger partial charge in [0.1, 0.15) is 28.0 Å². The lowest BCUT2D eigenvalue weighted by Crippen LogP contribution is -2.27. The summed E-state index contributed by atoms with van der Waals surface area (Å²) in [5, 5.41) is 2.74. The van der Waals surface area contributed by atoms with Crippen LogP contribution in [-0.2, 0) is 17.1 Å². The molecule has 2 aromatic carbocycles. The zero-order chi connectivity index (χ0) is 24.0. The summed E-state index contributed by atoms with van der Waals surface area (Å²) < 4.78 is 56.2. The maximum absolute atomic E-state index is 14.1. The van der Waals surface area contributed by atoms with Crippen molar-refractivity contribution in [2.24, 2.45) is 7.05 Å². The van der Waals surface area contributed by atoms with E-state index in [2.05, 4.69) is 15.3 Å². The van der Waals surface area contributed by atoms with E-state index in [9.17, 15) is 22.0 Å². The fourth-order valence-electron chi connectivity index (χ4n) is 4.07. The molecule has 0 aliphatic carbocycles. The number of rotatable bonds is 5. The van der Waals surface area contributed by atoms with Gasteiger partial charge in [-0.1, -0.05) is 0 Å². The Morgan fingerprint density at radius 2 is 1.85 bits per heavy atom. The molecule has 5 rings (SSSR count). The summed E-state index contributed by atoms with van der Waals surface area (Å²) in [6.07, 6.45) is 3.08. The van der Waals surface area contributed by atoms with Crippen LogP contribution in [0.4, 0.5) is 14.5 Å². The number of fused-ring (bicyclic) bond motifs is 1. The molecular weight excluding hydrogens is 464 g/mol. The number of hydrogen-bond donors (Lipinski definition) is 2. The topological polar surface area (TPSA) is 100 Å². The highest BCUT2D eigenvalue weighted by Crippen LogP contribution is 2.26. The number of aromatic amines is 1. The Balaban J connectivity index is 1.40. The highest BCUT2D eigenvalue weighted by molar-refractivity contribution is 7.89. The second-order valence-corrected chi connectivity index (χ2v) is 10.1. The highest BCUT2D eigenvalue weighted by Gasteiger charge is 2.29. The molecule has 0 saturated carbocycles. The maximum Gasteiger partial charge on any atom is 0.272 e. The number of halogens is 2. The molecule has 34 heavy (non-hydrogen) atoms. The Labute approximate surface area is 194 Å². The monoisotopic (exact) mass is 485 g/mol. The average molecular weight is 486 g/mol. The maximum atomic E-state index is 14.1. The van der Waals surface area contributed by atoms with E-state index in [4.69, 9.17) is 0 Å². The molecule has 0 bridgehead atoms. The van der Waals surface area contributed by atoms with Crippen LogP contribution in [0.25, 0.3) is 22.4 Å². The summed E-state index contributed by atoms with van der Waals surface area (Å²) in [5.74, 6) is -1.52. The minimum absolute atomic E-state index is 0.00247. The van der Waals surface area contributed by atoms with Gasteiger partial charge in [0.25, 0.3) is 5.91 Å². The Morgan fingerprint density at radius 1 is 1.09 bits per heavy atom. The first-order chi connectivity index (χ1) is 16.2. The van der Waals surface area contributed by atoms with Gasteiger partial charge in [-0.05, 0) is 55.3 Å². The third kappa shape index (κ3) is 3.97. The number of hydrogen-bond acceptors (Lipinski definition) is 4. The van der Waals surface area contributed by atoms with Gasteiger partial charge in [0, 0.05) is 32.0 Å². The van der Waals surface area contributed by atoms with E-state index in [0.717, 1.165) is 31.0 Å². The zero-order valence-corrected chi connectivity index (χ0v) is 19.0. The smallest absolute Gasteiger partial charge is 0.272 e. The Morgan fingerprint density at radius 3 is 2.62 bits per heavy atom. The van der Waals surface area contributed by atoms with Crippen LogP contribution in [0.3, 0.4) is 0 Å². The van der Waals surface area contributed by atoms with Gasteiger partial charge in [0.2, 0.25) is 10.0 Å². The fourth-order valence-corrected chi connectivity index (χ4v) is 5.66. The summed E-state index contributed by atoms with van der Waals surface area (Å²) in [6, 6.07) is 9.35. The molecule has 1 aliphatic heterocycles. The van der Waals surface area contributed by atoms with Gasteiger partial charge in [-0.2, -0.15) is 4.31 Å². The van der Waals surface area contributed by atoms with Crippen molar-refractivity contribution in [1.29, 1.82) is 0 Å². The highest BCUT2D eigenvalue weighted by atomic mass is 32.2. The molecule has 0 spiro atoms. The summed E-state index contributed by atoms with van der Waals surface area (Å²) in [5.41, 5.74) is 1.63. The standard InChI is InChI=1S/C23H21F2N5O3S/c1-29-13-16(34(32,33)30-8-2-3-9-30)12-21(29)23(31)26-15-5-7-19-20(11-15)28-22(27-19)17-10-14(24)4-6-18(17)25/h4-7,10-13H,2-3,8-9H2,1H3,(H,26,31)(H,27,28). The van der Waals surface area contributed by atoms with E-state index < -0.39 is 27.6 Å². The predicted molar refractivity (Wildman–Crippen MR) is 123 cm³/mol. The molecule has 2 aromatic heterocycles. The summed E-state index contributed by atoms with van der Waals surface area (Å²) in [6.45, 7) is 0.953. The van der Waals surface area contributed by atoms with Crippen molar-refractivity contribution in [1.82, 2.24) is 18.8 Å². The second-order valence-electron chi connectivity index (χ2n) is 8.18. The van der Waals surface area contributed by atoms with Gasteiger partial charge in [-0.15, -0.1) is 0 Å². The Bertz CT molecular complexity index is 1520. The van der Waals surface area contributed by atoms with Crippen molar-refractivity contribution < 1.29 is 22.0 Å². The van der Waals surface area contributed by atoms with Crippen molar-refractivity contribution in [3.63, 3.8) is 0 Å². The van der Waals surface area contributed by atoms with Crippen LogP contribution >= 0.6 is 0 Å². The molecule has 1 aliphatic rings. The number of aryl methyl sites for hydroxylation is 1. The van der Waals surface area contributed by atoms with Gasteiger partial charge >= 0.3 is 0 Å². The number of H-pyrrole nitrogens is 1. The molecule has 1 amide bonds.